The molecule has 0 unspecified atom stereocenters. The topological polar surface area (TPSA) is 50.9 Å². The fraction of sp³-hybridized carbons (Fsp3) is 0.125. The van der Waals surface area contributed by atoms with Crippen molar-refractivity contribution >= 4 is 11.8 Å². The summed E-state index contributed by atoms with van der Waals surface area (Å²) in [5, 5.41) is 17.7. The Labute approximate surface area is 131 Å². The van der Waals surface area contributed by atoms with Gasteiger partial charge in [-0.2, -0.15) is 0 Å². The highest BCUT2D eigenvalue weighted by Crippen LogP contribution is 2.27. The van der Waals surface area contributed by atoms with Gasteiger partial charge in [-0.25, -0.2) is 9.07 Å². The Morgan fingerprint density at radius 3 is 2.64 bits per heavy atom. The van der Waals surface area contributed by atoms with Crippen molar-refractivity contribution in [3.05, 3.63) is 60.0 Å². The number of aromatic nitrogens is 3. The number of hydrogen-bond acceptors (Lipinski definition) is 4. The van der Waals surface area contributed by atoms with Crippen LogP contribution in [0.4, 0.5) is 4.39 Å². The number of halogens is 1. The molecule has 112 valence electrons. The van der Waals surface area contributed by atoms with Crippen molar-refractivity contribution in [2.45, 2.75) is 11.5 Å². The van der Waals surface area contributed by atoms with Crippen molar-refractivity contribution < 1.29 is 9.50 Å². The van der Waals surface area contributed by atoms with Gasteiger partial charge in [0, 0.05) is 10.5 Å². The van der Waals surface area contributed by atoms with Crippen molar-refractivity contribution in [2.75, 3.05) is 6.26 Å². The maximum absolute atomic E-state index is 13.1. The summed E-state index contributed by atoms with van der Waals surface area (Å²) >= 11 is 1.63. The van der Waals surface area contributed by atoms with E-state index in [4.69, 9.17) is 0 Å². The lowest BCUT2D eigenvalue weighted by Crippen LogP contribution is -2.00. The van der Waals surface area contributed by atoms with Gasteiger partial charge in [-0.3, -0.25) is 0 Å². The van der Waals surface area contributed by atoms with Crippen molar-refractivity contribution in [1.82, 2.24) is 15.0 Å². The minimum Gasteiger partial charge on any atom is -0.390 e. The quantitative estimate of drug-likeness (QED) is 0.751. The average Bonchev–Trinajstić information content (AvgIpc) is 2.99. The summed E-state index contributed by atoms with van der Waals surface area (Å²) in [5.74, 6) is -0.308. The molecule has 1 heterocycles. The molecule has 0 aliphatic rings. The first-order chi connectivity index (χ1) is 10.7. The Balaban J connectivity index is 2.16. The number of hydrogen-bond donors (Lipinski definition) is 1. The third-order valence-corrected chi connectivity index (χ3v) is 4.03. The molecular formula is C16H14FN3OS. The van der Waals surface area contributed by atoms with E-state index in [1.165, 1.54) is 12.1 Å². The third-order valence-electron chi connectivity index (χ3n) is 3.31. The van der Waals surface area contributed by atoms with E-state index in [1.54, 1.807) is 28.6 Å². The van der Waals surface area contributed by atoms with E-state index in [0.717, 1.165) is 16.1 Å². The van der Waals surface area contributed by atoms with Crippen molar-refractivity contribution in [2.24, 2.45) is 0 Å². The predicted octanol–water partition coefficient (Wildman–Crippen LogP) is 3.29. The van der Waals surface area contributed by atoms with Crippen LogP contribution < -0.4 is 0 Å². The van der Waals surface area contributed by atoms with Crippen LogP contribution in [0, 0.1) is 5.82 Å². The summed E-state index contributed by atoms with van der Waals surface area (Å²) in [6.07, 6.45) is 2.00. The Bertz CT molecular complexity index is 786. The molecule has 0 saturated carbocycles. The lowest BCUT2D eigenvalue weighted by Gasteiger charge is -2.09. The van der Waals surface area contributed by atoms with Gasteiger partial charge in [0.1, 0.15) is 17.2 Å². The lowest BCUT2D eigenvalue weighted by atomic mass is 10.1. The van der Waals surface area contributed by atoms with Gasteiger partial charge in [-0.15, -0.1) is 16.9 Å². The van der Waals surface area contributed by atoms with Gasteiger partial charge in [-0.1, -0.05) is 11.3 Å². The van der Waals surface area contributed by atoms with E-state index in [1.807, 2.05) is 30.5 Å². The van der Waals surface area contributed by atoms with Crippen LogP contribution in [0.1, 0.15) is 5.69 Å². The van der Waals surface area contributed by atoms with Crippen molar-refractivity contribution in [3.63, 3.8) is 0 Å². The largest absolute Gasteiger partial charge is 0.390 e. The number of aliphatic hydroxyl groups is 1. The van der Waals surface area contributed by atoms with E-state index in [-0.39, 0.29) is 12.4 Å². The first-order valence-electron chi connectivity index (χ1n) is 6.68. The van der Waals surface area contributed by atoms with Gasteiger partial charge >= 0.3 is 0 Å². The highest BCUT2D eigenvalue weighted by Gasteiger charge is 2.16. The zero-order chi connectivity index (χ0) is 15.5. The van der Waals surface area contributed by atoms with Crippen molar-refractivity contribution in [1.29, 1.82) is 0 Å². The highest BCUT2D eigenvalue weighted by molar-refractivity contribution is 7.98. The van der Waals surface area contributed by atoms with Crippen LogP contribution in [-0.2, 0) is 6.61 Å². The van der Waals surface area contributed by atoms with Crippen LogP contribution in [0.2, 0.25) is 0 Å². The van der Waals surface area contributed by atoms with Gasteiger partial charge in [0.2, 0.25) is 0 Å². The van der Waals surface area contributed by atoms with E-state index < -0.39 is 0 Å². The molecule has 0 spiro atoms. The standard InChI is InChI=1S/C16H14FN3OS/c1-22-14-4-2-3-13(9-14)20-16(15(10-21)18-19-20)11-5-7-12(17)8-6-11/h2-9,21H,10H2,1H3. The fourth-order valence-electron chi connectivity index (χ4n) is 2.24. The van der Waals surface area contributed by atoms with Crippen molar-refractivity contribution in [3.8, 4) is 16.9 Å². The Morgan fingerprint density at radius 2 is 1.95 bits per heavy atom. The van der Waals surface area contributed by atoms with E-state index in [9.17, 15) is 9.50 Å². The van der Waals surface area contributed by atoms with E-state index in [2.05, 4.69) is 10.3 Å². The molecule has 0 aliphatic carbocycles. The Morgan fingerprint density at radius 1 is 1.18 bits per heavy atom. The highest BCUT2D eigenvalue weighted by atomic mass is 32.2. The SMILES string of the molecule is CSc1cccc(-n2nnc(CO)c2-c2ccc(F)cc2)c1. The zero-order valence-corrected chi connectivity index (χ0v) is 12.7. The third kappa shape index (κ3) is 2.75. The molecule has 1 N–H and O–H groups in total. The van der Waals surface area contributed by atoms with Crippen LogP contribution in [-0.4, -0.2) is 26.4 Å². The molecule has 1 aromatic heterocycles. The molecule has 0 aliphatic heterocycles. The number of thioether (sulfide) groups is 1. The second-order valence-electron chi connectivity index (χ2n) is 4.66. The molecule has 0 bridgehead atoms. The van der Waals surface area contributed by atoms with Crippen LogP contribution >= 0.6 is 11.8 Å². The molecule has 4 nitrogen and oxygen atoms in total. The van der Waals surface area contributed by atoms with Crippen LogP contribution in [0.15, 0.2) is 53.4 Å². The summed E-state index contributed by atoms with van der Waals surface area (Å²) in [7, 11) is 0. The molecule has 6 heteroatoms. The number of rotatable bonds is 4. The lowest BCUT2D eigenvalue weighted by molar-refractivity contribution is 0.277. The van der Waals surface area contributed by atoms with Crippen LogP contribution in [0.5, 0.6) is 0 Å². The average molecular weight is 315 g/mol. The van der Waals surface area contributed by atoms with Gasteiger partial charge in [0.15, 0.2) is 0 Å². The zero-order valence-electron chi connectivity index (χ0n) is 11.9. The monoisotopic (exact) mass is 315 g/mol. The van der Waals surface area contributed by atoms with Gasteiger partial charge < -0.3 is 5.11 Å². The predicted molar refractivity (Wildman–Crippen MR) is 84.5 cm³/mol. The molecule has 3 aromatic rings. The van der Waals surface area contributed by atoms with E-state index >= 15 is 0 Å². The molecule has 0 atom stereocenters. The summed E-state index contributed by atoms with van der Waals surface area (Å²) in [6.45, 7) is -0.227. The fourth-order valence-corrected chi connectivity index (χ4v) is 2.69. The molecule has 0 saturated heterocycles. The maximum atomic E-state index is 13.1. The minimum absolute atomic E-state index is 0.227. The molecular weight excluding hydrogens is 301 g/mol. The smallest absolute Gasteiger partial charge is 0.123 e. The summed E-state index contributed by atoms with van der Waals surface area (Å²) in [6, 6.07) is 13.9. The first-order valence-corrected chi connectivity index (χ1v) is 7.91. The summed E-state index contributed by atoms with van der Waals surface area (Å²) in [5.41, 5.74) is 2.73. The molecule has 2 aromatic carbocycles. The van der Waals surface area contributed by atoms with Gasteiger partial charge in [0.25, 0.3) is 0 Å². The Hall–Kier alpha value is -2.18. The molecule has 0 amide bonds. The molecule has 0 radical (unpaired) electrons. The second-order valence-corrected chi connectivity index (χ2v) is 5.54. The number of benzene rings is 2. The first kappa shape index (κ1) is 14.7. The second kappa shape index (κ2) is 6.29. The molecule has 22 heavy (non-hydrogen) atoms. The maximum Gasteiger partial charge on any atom is 0.123 e. The van der Waals surface area contributed by atoms with Gasteiger partial charge in [0.05, 0.1) is 12.3 Å². The van der Waals surface area contributed by atoms with Crippen LogP contribution in [0.25, 0.3) is 16.9 Å². The number of aliphatic hydroxyl groups excluding tert-OH is 1. The summed E-state index contributed by atoms with van der Waals surface area (Å²) in [4.78, 5) is 1.10. The van der Waals surface area contributed by atoms with E-state index in [0.29, 0.717) is 11.4 Å². The summed E-state index contributed by atoms with van der Waals surface area (Å²) < 4.78 is 14.8. The minimum atomic E-state index is -0.308. The normalized spacial score (nSPS) is 10.9. The van der Waals surface area contributed by atoms with Gasteiger partial charge in [-0.05, 0) is 48.7 Å². The van der Waals surface area contributed by atoms with Crippen LogP contribution in [0.3, 0.4) is 0 Å². The molecule has 0 fully saturated rings. The molecule has 3 rings (SSSR count). The number of nitrogens with zero attached hydrogens (tertiary/aromatic N) is 3. The Kier molecular flexibility index (Phi) is 4.22.